The molecule has 1 aliphatic rings. The molecule has 0 saturated carbocycles. The fourth-order valence-corrected chi connectivity index (χ4v) is 5.75. The van der Waals surface area contributed by atoms with Gasteiger partial charge < -0.3 is 50.0 Å². The normalized spacial score (nSPS) is 27.0. The molecule has 2 rings (SSSR count). The number of esters is 2. The maximum atomic E-state index is 14.1. The van der Waals surface area contributed by atoms with Crippen molar-refractivity contribution in [2.24, 2.45) is 5.92 Å². The zero-order chi connectivity index (χ0) is 42.8. The molecule has 56 heavy (non-hydrogen) atoms. The van der Waals surface area contributed by atoms with Gasteiger partial charge in [-0.05, 0) is 39.2 Å². The van der Waals surface area contributed by atoms with Crippen molar-refractivity contribution in [3.63, 3.8) is 0 Å². The van der Waals surface area contributed by atoms with Gasteiger partial charge in [0.15, 0.2) is 18.2 Å². The number of hydrogen-bond donors (Lipinski definition) is 4. The number of ether oxygens (including phenoxy) is 3. The lowest BCUT2D eigenvalue weighted by Crippen LogP contribution is -2.62. The van der Waals surface area contributed by atoms with Crippen LogP contribution in [0.3, 0.4) is 0 Å². The molecule has 0 spiro atoms. The van der Waals surface area contributed by atoms with E-state index in [9.17, 15) is 43.5 Å². The van der Waals surface area contributed by atoms with E-state index in [2.05, 4.69) is 22.5 Å². The summed E-state index contributed by atoms with van der Waals surface area (Å²) in [6.45, 7) is 13.5. The predicted molar refractivity (Wildman–Crippen MR) is 201 cm³/mol. The molecule has 310 valence electrons. The summed E-state index contributed by atoms with van der Waals surface area (Å²) in [4.78, 5) is 111. The number of hydrogen-bond acceptors (Lipinski definition) is 12. The lowest BCUT2D eigenvalue weighted by molar-refractivity contribution is -0.172. The zero-order valence-corrected chi connectivity index (χ0v) is 33.9. The number of amides is 6. The maximum absolute atomic E-state index is 14.1. The highest BCUT2D eigenvalue weighted by Gasteiger charge is 2.43. The minimum absolute atomic E-state index is 0.186. The van der Waals surface area contributed by atoms with Crippen molar-refractivity contribution < 1.29 is 57.7 Å². The van der Waals surface area contributed by atoms with Gasteiger partial charge in [-0.25, -0.2) is 9.59 Å². The monoisotopic (exact) mass is 788 g/mol. The Balaban J connectivity index is 2.75. The highest BCUT2D eigenvalue weighted by Crippen LogP contribution is 2.19. The SMILES string of the molecule is C=C1C(=O)N[C@@H](C)C(=O)N(C)[C@@H](C)C(=O)N[C@@H]([C@H](O)C(C)C)C(=O)N(C)[C@@H]([C@@H](C)OC)C(=O)O[C@H](C)[C@H](NC(C)=O)C(=O)O[C@H](Cc2ccccc2)C(=O)N1C. The van der Waals surface area contributed by atoms with Crippen molar-refractivity contribution in [3.05, 3.63) is 48.2 Å². The quantitative estimate of drug-likeness (QED) is 0.198. The first kappa shape index (κ1) is 46.8. The summed E-state index contributed by atoms with van der Waals surface area (Å²) in [5.41, 5.74) is 0.135. The summed E-state index contributed by atoms with van der Waals surface area (Å²) in [5, 5.41) is 18.5. The number of cyclic esters (lactones) is 2. The van der Waals surface area contributed by atoms with Gasteiger partial charge in [-0.2, -0.15) is 0 Å². The van der Waals surface area contributed by atoms with Gasteiger partial charge in [0, 0.05) is 41.6 Å². The Bertz CT molecular complexity index is 1640. The molecule has 1 heterocycles. The molecule has 0 aliphatic carbocycles. The summed E-state index contributed by atoms with van der Waals surface area (Å²) < 4.78 is 16.8. The Morgan fingerprint density at radius 1 is 0.893 bits per heavy atom. The molecule has 18 nitrogen and oxygen atoms in total. The van der Waals surface area contributed by atoms with Gasteiger partial charge in [0.1, 0.15) is 29.9 Å². The Kier molecular flexibility index (Phi) is 17.2. The van der Waals surface area contributed by atoms with Crippen LogP contribution >= 0.6 is 0 Å². The first-order valence-electron chi connectivity index (χ1n) is 18.1. The summed E-state index contributed by atoms with van der Waals surface area (Å²) >= 11 is 0. The van der Waals surface area contributed by atoms with E-state index < -0.39 is 114 Å². The number of benzene rings is 1. The second-order valence-corrected chi connectivity index (χ2v) is 14.2. The number of aliphatic hydroxyl groups excluding tert-OH is 1. The second kappa shape index (κ2) is 20.5. The van der Waals surface area contributed by atoms with Crippen LogP contribution in [0.15, 0.2) is 42.6 Å². The molecule has 0 bridgehead atoms. The molecule has 4 N–H and O–H groups in total. The van der Waals surface area contributed by atoms with Crippen molar-refractivity contribution in [2.75, 3.05) is 28.3 Å². The summed E-state index contributed by atoms with van der Waals surface area (Å²) in [6.07, 6.45) is -5.79. The van der Waals surface area contributed by atoms with Crippen LogP contribution in [0.1, 0.15) is 54.0 Å². The molecule has 0 radical (unpaired) electrons. The average Bonchev–Trinajstić information content (AvgIpc) is 3.15. The van der Waals surface area contributed by atoms with Crippen LogP contribution in [0, 0.1) is 5.92 Å². The summed E-state index contributed by atoms with van der Waals surface area (Å²) in [6, 6.07) is 1.12. The van der Waals surface area contributed by atoms with Crippen molar-refractivity contribution in [1.82, 2.24) is 30.7 Å². The van der Waals surface area contributed by atoms with E-state index in [-0.39, 0.29) is 6.42 Å². The molecule has 6 amide bonds. The fraction of sp³-hybridized carbons (Fsp3) is 0.579. The Morgan fingerprint density at radius 3 is 2.02 bits per heavy atom. The van der Waals surface area contributed by atoms with E-state index in [0.717, 1.165) is 21.6 Å². The zero-order valence-electron chi connectivity index (χ0n) is 33.9. The Labute approximate surface area is 327 Å². The van der Waals surface area contributed by atoms with Crippen molar-refractivity contribution in [3.8, 4) is 0 Å². The lowest BCUT2D eigenvalue weighted by atomic mass is 9.97. The van der Waals surface area contributed by atoms with Crippen LogP contribution < -0.4 is 16.0 Å². The van der Waals surface area contributed by atoms with Gasteiger partial charge in [0.2, 0.25) is 23.6 Å². The molecule has 1 aromatic carbocycles. The molecule has 1 saturated heterocycles. The van der Waals surface area contributed by atoms with Crippen LogP contribution in [0.4, 0.5) is 0 Å². The van der Waals surface area contributed by atoms with Crippen molar-refractivity contribution in [2.45, 2.75) is 110 Å². The molecule has 1 aliphatic heterocycles. The number of aliphatic hydroxyl groups is 1. The van der Waals surface area contributed by atoms with Crippen LogP contribution in [-0.4, -0.2) is 150 Å². The maximum Gasteiger partial charge on any atom is 0.333 e. The molecule has 1 fully saturated rings. The van der Waals surface area contributed by atoms with Crippen molar-refractivity contribution >= 4 is 47.4 Å². The second-order valence-electron chi connectivity index (χ2n) is 14.2. The van der Waals surface area contributed by atoms with E-state index in [4.69, 9.17) is 14.2 Å². The first-order chi connectivity index (χ1) is 26.0. The first-order valence-corrected chi connectivity index (χ1v) is 18.1. The highest BCUT2D eigenvalue weighted by atomic mass is 16.6. The molecular formula is C38H56N6O12. The predicted octanol–water partition coefficient (Wildman–Crippen LogP) is -0.722. The number of rotatable bonds is 7. The van der Waals surface area contributed by atoms with Gasteiger partial charge in [0.25, 0.3) is 11.8 Å². The number of carbonyl (C=O) groups excluding carboxylic acids is 8. The standard InChI is InChI=1S/C38H56N6O12/c1-19(2)31(46)29-36(51)44(11)30(24(7)54-12)38(53)55-23(6)28(40-25(8)45)37(52)56-27(18-26-16-14-13-15-17-26)35(50)43(10)21(4)32(47)39-20(3)34(49)42(9)22(5)33(48)41-29/h13-17,19-20,22-24,27-31,46H,4,18H2,1-3,5-12H3,(H,39,47)(H,40,45)(H,41,48)/t20-,22-,23+,24+,27+,28-,29-,30-,31+/m0/s1. The smallest absolute Gasteiger partial charge is 0.333 e. The third-order valence-corrected chi connectivity index (χ3v) is 9.62. The number of nitrogens with one attached hydrogen (secondary N) is 3. The number of carbonyl (C=O) groups is 8. The van der Waals surface area contributed by atoms with Gasteiger partial charge >= 0.3 is 11.9 Å². The van der Waals surface area contributed by atoms with Crippen LogP contribution in [0.5, 0.6) is 0 Å². The fourth-order valence-electron chi connectivity index (χ4n) is 5.75. The van der Waals surface area contributed by atoms with E-state index >= 15 is 0 Å². The van der Waals surface area contributed by atoms with Gasteiger partial charge in [-0.3, -0.25) is 28.8 Å². The lowest BCUT2D eigenvalue weighted by Gasteiger charge is -2.37. The number of nitrogens with zero attached hydrogens (tertiary/aromatic N) is 3. The number of likely N-dealkylation sites (N-methyl/N-ethyl adjacent to an activating group) is 3. The molecular weight excluding hydrogens is 732 g/mol. The van der Waals surface area contributed by atoms with E-state index in [1.54, 1.807) is 44.2 Å². The van der Waals surface area contributed by atoms with Crippen molar-refractivity contribution in [1.29, 1.82) is 0 Å². The third kappa shape index (κ3) is 11.8. The minimum Gasteiger partial charge on any atom is -0.458 e. The molecule has 0 aromatic heterocycles. The Hall–Kier alpha value is -5.36. The third-order valence-electron chi connectivity index (χ3n) is 9.62. The van der Waals surface area contributed by atoms with Crippen LogP contribution in [-0.2, 0) is 59.0 Å². The van der Waals surface area contributed by atoms with Gasteiger partial charge in [-0.15, -0.1) is 0 Å². The topological polar surface area (TPSA) is 230 Å². The Morgan fingerprint density at radius 2 is 1.48 bits per heavy atom. The molecule has 9 atom stereocenters. The molecule has 18 heteroatoms. The average molecular weight is 789 g/mol. The number of methoxy groups -OCH3 is 1. The summed E-state index contributed by atoms with van der Waals surface area (Å²) in [7, 11) is 5.01. The largest absolute Gasteiger partial charge is 0.458 e. The molecule has 1 aromatic rings. The summed E-state index contributed by atoms with van der Waals surface area (Å²) in [5.74, 6) is -7.93. The molecule has 0 unspecified atom stereocenters. The van der Waals surface area contributed by atoms with Crippen LogP contribution in [0.25, 0.3) is 0 Å². The minimum atomic E-state index is -1.68. The van der Waals surface area contributed by atoms with Gasteiger partial charge in [0.05, 0.1) is 12.2 Å². The van der Waals surface area contributed by atoms with E-state index in [1.807, 2.05) is 0 Å². The van der Waals surface area contributed by atoms with Gasteiger partial charge in [-0.1, -0.05) is 50.8 Å². The van der Waals surface area contributed by atoms with E-state index in [0.29, 0.717) is 5.56 Å². The van der Waals surface area contributed by atoms with E-state index in [1.165, 1.54) is 55.9 Å². The van der Waals surface area contributed by atoms with Crippen LogP contribution in [0.2, 0.25) is 0 Å². The highest BCUT2D eigenvalue weighted by molar-refractivity contribution is 6.01.